The second-order valence-electron chi connectivity index (χ2n) is 7.80. The van der Waals surface area contributed by atoms with Crippen molar-refractivity contribution in [2.45, 2.75) is 12.6 Å². The highest BCUT2D eigenvalue weighted by molar-refractivity contribution is 5.97. The van der Waals surface area contributed by atoms with Gasteiger partial charge in [-0.05, 0) is 41.5 Å². The Bertz CT molecular complexity index is 1340. The van der Waals surface area contributed by atoms with Crippen molar-refractivity contribution in [3.05, 3.63) is 102 Å². The lowest BCUT2D eigenvalue weighted by molar-refractivity contribution is -0.123. The molecule has 2 N–H and O–H groups in total. The van der Waals surface area contributed by atoms with Gasteiger partial charge in [0, 0.05) is 12.6 Å². The first-order valence-electron chi connectivity index (χ1n) is 11.1. The number of nitrogens with one attached hydrogen (secondary N) is 2. The number of aromatic nitrogens is 1. The predicted octanol–water partition coefficient (Wildman–Crippen LogP) is 4.29. The van der Waals surface area contributed by atoms with Crippen molar-refractivity contribution in [1.29, 1.82) is 0 Å². The summed E-state index contributed by atoms with van der Waals surface area (Å²) < 4.78 is 29.2. The smallest absolute Gasteiger partial charge is 0.274 e. The molecule has 8 nitrogen and oxygen atoms in total. The second-order valence-corrected chi connectivity index (χ2v) is 7.80. The molecule has 0 aliphatic rings. The van der Waals surface area contributed by atoms with E-state index in [1.807, 2.05) is 6.07 Å². The van der Waals surface area contributed by atoms with Crippen LogP contribution in [0, 0.1) is 5.82 Å². The summed E-state index contributed by atoms with van der Waals surface area (Å²) in [6.45, 7) is 0.169. The Balaban J connectivity index is 1.53. The Kier molecular flexibility index (Phi) is 7.60. The number of benzene rings is 3. The lowest BCUT2D eigenvalue weighted by Gasteiger charge is -2.18. The fourth-order valence-electron chi connectivity index (χ4n) is 3.56. The van der Waals surface area contributed by atoms with Crippen molar-refractivity contribution in [2.75, 3.05) is 14.2 Å². The monoisotopic (exact) mass is 489 g/mol. The average Bonchev–Trinajstić information content (AvgIpc) is 3.41. The minimum absolute atomic E-state index is 0.0119. The minimum Gasteiger partial charge on any atom is -0.497 e. The quantitative estimate of drug-likeness (QED) is 0.364. The van der Waals surface area contributed by atoms with Crippen LogP contribution in [0.5, 0.6) is 11.5 Å². The maximum atomic E-state index is 13.2. The molecule has 0 aliphatic carbocycles. The molecule has 9 heteroatoms. The normalized spacial score (nSPS) is 11.4. The summed E-state index contributed by atoms with van der Waals surface area (Å²) in [5.41, 5.74) is 1.85. The van der Waals surface area contributed by atoms with Crippen LogP contribution >= 0.6 is 0 Å². The number of halogens is 1. The van der Waals surface area contributed by atoms with Crippen LogP contribution in [0.4, 0.5) is 4.39 Å². The summed E-state index contributed by atoms with van der Waals surface area (Å²) in [6, 6.07) is 20.2. The van der Waals surface area contributed by atoms with Gasteiger partial charge in [-0.3, -0.25) is 9.59 Å². The highest BCUT2D eigenvalue weighted by Gasteiger charge is 2.25. The van der Waals surface area contributed by atoms with Crippen molar-refractivity contribution >= 4 is 11.8 Å². The molecular formula is C27H24FN3O5. The summed E-state index contributed by atoms with van der Waals surface area (Å²) in [5, 5.41) is 9.38. The zero-order valence-electron chi connectivity index (χ0n) is 19.7. The molecule has 2 amide bonds. The van der Waals surface area contributed by atoms with Crippen molar-refractivity contribution in [2.24, 2.45) is 0 Å². The van der Waals surface area contributed by atoms with Crippen LogP contribution in [0.2, 0.25) is 0 Å². The van der Waals surface area contributed by atoms with E-state index in [-0.39, 0.29) is 18.1 Å². The highest BCUT2D eigenvalue weighted by Crippen LogP contribution is 2.33. The molecule has 36 heavy (non-hydrogen) atoms. The largest absolute Gasteiger partial charge is 0.497 e. The van der Waals surface area contributed by atoms with E-state index in [4.69, 9.17) is 14.0 Å². The molecule has 0 fully saturated rings. The fourth-order valence-corrected chi connectivity index (χ4v) is 3.56. The molecule has 1 heterocycles. The van der Waals surface area contributed by atoms with Crippen LogP contribution < -0.4 is 20.1 Å². The number of carbonyl (C=O) groups excluding carboxylic acids is 2. The first-order chi connectivity index (χ1) is 17.5. The van der Waals surface area contributed by atoms with Crippen LogP contribution in [0.3, 0.4) is 0 Å². The minimum atomic E-state index is -0.995. The maximum Gasteiger partial charge on any atom is 0.274 e. The number of rotatable bonds is 9. The topological polar surface area (TPSA) is 103 Å². The molecule has 4 aromatic rings. The molecule has 0 radical (unpaired) electrons. The second kappa shape index (κ2) is 11.2. The first-order valence-corrected chi connectivity index (χ1v) is 11.1. The average molecular weight is 490 g/mol. The SMILES string of the molecule is COc1ccc(OC)c(-c2cc(C(=O)N[C@H](C(=O)NCc3ccc(F)cc3)c3ccccc3)no2)c1. The van der Waals surface area contributed by atoms with E-state index >= 15 is 0 Å². The van der Waals surface area contributed by atoms with Gasteiger partial charge >= 0.3 is 0 Å². The van der Waals surface area contributed by atoms with Gasteiger partial charge in [-0.25, -0.2) is 4.39 Å². The van der Waals surface area contributed by atoms with E-state index in [1.165, 1.54) is 32.4 Å². The zero-order valence-corrected chi connectivity index (χ0v) is 19.7. The van der Waals surface area contributed by atoms with E-state index in [0.717, 1.165) is 5.56 Å². The number of hydrogen-bond acceptors (Lipinski definition) is 6. The first kappa shape index (κ1) is 24.5. The zero-order chi connectivity index (χ0) is 25.5. The van der Waals surface area contributed by atoms with Crippen LogP contribution in [-0.2, 0) is 11.3 Å². The molecule has 0 saturated heterocycles. The highest BCUT2D eigenvalue weighted by atomic mass is 19.1. The van der Waals surface area contributed by atoms with Crippen LogP contribution in [0.15, 0.2) is 83.4 Å². The van der Waals surface area contributed by atoms with E-state index in [9.17, 15) is 14.0 Å². The third-order valence-corrected chi connectivity index (χ3v) is 5.47. The third kappa shape index (κ3) is 5.69. The summed E-state index contributed by atoms with van der Waals surface area (Å²) >= 11 is 0. The number of amides is 2. The van der Waals surface area contributed by atoms with Gasteiger partial charge in [0.25, 0.3) is 5.91 Å². The molecule has 0 unspecified atom stereocenters. The third-order valence-electron chi connectivity index (χ3n) is 5.47. The number of ether oxygens (including phenoxy) is 2. The molecule has 4 rings (SSSR count). The predicted molar refractivity (Wildman–Crippen MR) is 130 cm³/mol. The van der Waals surface area contributed by atoms with Gasteiger partial charge in [0.15, 0.2) is 11.5 Å². The van der Waals surface area contributed by atoms with Crippen LogP contribution in [-0.4, -0.2) is 31.2 Å². The standard InChI is InChI=1S/C27H24FN3O5/c1-34-20-12-13-23(35-2)21(14-20)24-15-22(31-36-24)26(32)30-25(18-6-4-3-5-7-18)27(33)29-16-17-8-10-19(28)11-9-17/h3-15,25H,16H2,1-2H3,(H,29,33)(H,30,32)/t25-/m0/s1. The molecule has 184 valence electrons. The Hall–Kier alpha value is -4.66. The van der Waals surface area contributed by atoms with E-state index < -0.39 is 17.9 Å². The molecule has 0 aliphatic heterocycles. The summed E-state index contributed by atoms with van der Waals surface area (Å²) in [5.74, 6) is -0.00270. The summed E-state index contributed by atoms with van der Waals surface area (Å²) in [7, 11) is 3.06. The summed E-state index contributed by atoms with van der Waals surface area (Å²) in [4.78, 5) is 26.1. The van der Waals surface area contributed by atoms with Crippen molar-refractivity contribution in [1.82, 2.24) is 15.8 Å². The van der Waals surface area contributed by atoms with E-state index in [2.05, 4.69) is 15.8 Å². The number of methoxy groups -OCH3 is 2. The lowest BCUT2D eigenvalue weighted by atomic mass is 10.1. The van der Waals surface area contributed by atoms with Gasteiger partial charge in [0.1, 0.15) is 23.4 Å². The molecule has 3 aromatic carbocycles. The maximum absolute atomic E-state index is 13.2. The number of carbonyl (C=O) groups is 2. The molecule has 1 atom stereocenters. The van der Waals surface area contributed by atoms with Crippen molar-refractivity contribution in [3.8, 4) is 22.8 Å². The van der Waals surface area contributed by atoms with Gasteiger partial charge in [-0.1, -0.05) is 47.6 Å². The lowest BCUT2D eigenvalue weighted by Crippen LogP contribution is -2.40. The molecular weight excluding hydrogens is 465 g/mol. The van der Waals surface area contributed by atoms with Gasteiger partial charge < -0.3 is 24.6 Å². The van der Waals surface area contributed by atoms with Crippen molar-refractivity contribution < 1.29 is 28.0 Å². The molecule has 0 bridgehead atoms. The Morgan fingerprint density at radius 2 is 1.72 bits per heavy atom. The number of nitrogens with zero attached hydrogens (tertiary/aromatic N) is 1. The fraction of sp³-hybridized carbons (Fsp3) is 0.148. The summed E-state index contributed by atoms with van der Waals surface area (Å²) in [6.07, 6.45) is 0. The van der Waals surface area contributed by atoms with Gasteiger partial charge in [0.05, 0.1) is 19.8 Å². The van der Waals surface area contributed by atoms with E-state index in [1.54, 1.807) is 54.6 Å². The van der Waals surface area contributed by atoms with Gasteiger partial charge in [-0.2, -0.15) is 0 Å². The molecule has 0 saturated carbocycles. The van der Waals surface area contributed by atoms with Crippen LogP contribution in [0.25, 0.3) is 11.3 Å². The van der Waals surface area contributed by atoms with Gasteiger partial charge in [0.2, 0.25) is 5.91 Å². The Morgan fingerprint density at radius 1 is 0.972 bits per heavy atom. The van der Waals surface area contributed by atoms with Gasteiger partial charge in [-0.15, -0.1) is 0 Å². The van der Waals surface area contributed by atoms with E-state index in [0.29, 0.717) is 28.4 Å². The molecule has 1 aromatic heterocycles. The molecule has 0 spiro atoms. The Labute approximate surface area is 207 Å². The van der Waals surface area contributed by atoms with Crippen molar-refractivity contribution in [3.63, 3.8) is 0 Å². The Morgan fingerprint density at radius 3 is 2.42 bits per heavy atom. The van der Waals surface area contributed by atoms with Crippen LogP contribution in [0.1, 0.15) is 27.7 Å². The number of hydrogen-bond donors (Lipinski definition) is 2.